The predicted octanol–water partition coefficient (Wildman–Crippen LogP) is 10.7. The summed E-state index contributed by atoms with van der Waals surface area (Å²) in [5.41, 5.74) is -5.77. The molecule has 8 nitrogen and oxygen atoms in total. The molecule has 0 spiro atoms. The van der Waals surface area contributed by atoms with Crippen molar-refractivity contribution in [2.75, 3.05) is 0 Å². The molecule has 0 amide bonds. The minimum atomic E-state index is -2.36. The summed E-state index contributed by atoms with van der Waals surface area (Å²) in [6, 6.07) is 0. The van der Waals surface area contributed by atoms with Crippen LogP contribution in [0.25, 0.3) is 0 Å². The lowest BCUT2D eigenvalue weighted by atomic mass is 9.66. The van der Waals surface area contributed by atoms with E-state index in [0.29, 0.717) is 38.5 Å². The number of unbranched alkanes of at least 4 members (excludes halogenated alkanes) is 21. The number of carbonyl (C=O) groups excluding carboxylic acids is 3. The summed E-state index contributed by atoms with van der Waals surface area (Å²) in [6.45, 7) is 8.74. The van der Waals surface area contributed by atoms with E-state index in [1.807, 2.05) is 0 Å². The van der Waals surface area contributed by atoms with Crippen LogP contribution in [0.3, 0.4) is 0 Å². The zero-order valence-corrected chi connectivity index (χ0v) is 32.8. The van der Waals surface area contributed by atoms with E-state index in [-0.39, 0.29) is 12.8 Å². The highest BCUT2D eigenvalue weighted by Gasteiger charge is 2.72. The Balaban J connectivity index is 2.63. The Bertz CT molecular complexity index is 951. The van der Waals surface area contributed by atoms with Crippen molar-refractivity contribution in [3.05, 3.63) is 0 Å². The molecule has 2 aliphatic heterocycles. The first-order valence-electron chi connectivity index (χ1n) is 21.2. The van der Waals surface area contributed by atoms with Crippen LogP contribution in [0.4, 0.5) is 0 Å². The monoisotopic (exact) mass is 709 g/mol. The molecule has 2 rings (SSSR count). The van der Waals surface area contributed by atoms with Crippen LogP contribution in [0.15, 0.2) is 0 Å². The van der Waals surface area contributed by atoms with Gasteiger partial charge in [0.2, 0.25) is 5.60 Å². The van der Waals surface area contributed by atoms with Crippen molar-refractivity contribution < 1.29 is 38.8 Å². The number of fused-ring (bicyclic) bond motifs is 3. The summed E-state index contributed by atoms with van der Waals surface area (Å²) >= 11 is 0. The van der Waals surface area contributed by atoms with Crippen LogP contribution in [-0.2, 0) is 28.6 Å². The summed E-state index contributed by atoms with van der Waals surface area (Å²) in [6.07, 6.45) is 24.6. The lowest BCUT2D eigenvalue weighted by Crippen LogP contribution is -2.73. The molecule has 2 N–H and O–H groups in total. The lowest BCUT2D eigenvalue weighted by molar-refractivity contribution is -0.347. The third kappa shape index (κ3) is 13.4. The standard InChI is InChI=1S/C42H76O8/c1-5-9-13-17-21-25-29-33-42-41(32-28-24-20-16-12-8-4,48-36(43)34-39(46,38(45)50-42)35-37(44)49-42)40(47,30-26-22-18-14-10-6-2)31-27-23-19-15-11-7-3/h46-47H,5-35H2,1-4H3. The molecule has 8 heteroatoms. The number of hydrogen-bond acceptors (Lipinski definition) is 8. The van der Waals surface area contributed by atoms with E-state index in [0.717, 1.165) is 128 Å². The van der Waals surface area contributed by atoms with Crippen LogP contribution in [0.5, 0.6) is 0 Å². The second-order valence-electron chi connectivity index (χ2n) is 15.8. The fourth-order valence-electron chi connectivity index (χ4n) is 8.26. The minimum absolute atomic E-state index is 0.104. The van der Waals surface area contributed by atoms with Crippen molar-refractivity contribution in [3.8, 4) is 0 Å². The van der Waals surface area contributed by atoms with E-state index in [1.54, 1.807) is 0 Å². The molecule has 0 aromatic carbocycles. The molecule has 0 radical (unpaired) electrons. The van der Waals surface area contributed by atoms with Gasteiger partial charge in [0, 0.05) is 6.42 Å². The summed E-state index contributed by atoms with van der Waals surface area (Å²) in [5.74, 6) is -4.65. The van der Waals surface area contributed by atoms with Crippen LogP contribution in [0.1, 0.15) is 227 Å². The molecule has 0 saturated carbocycles. The van der Waals surface area contributed by atoms with Crippen molar-refractivity contribution in [1.82, 2.24) is 0 Å². The summed E-state index contributed by atoms with van der Waals surface area (Å²) in [4.78, 5) is 41.4. The van der Waals surface area contributed by atoms with Crippen molar-refractivity contribution in [2.45, 2.75) is 249 Å². The Kier molecular flexibility index (Phi) is 21.2. The largest absolute Gasteiger partial charge is 0.447 e. The van der Waals surface area contributed by atoms with Crippen molar-refractivity contribution >= 4 is 17.9 Å². The fourth-order valence-corrected chi connectivity index (χ4v) is 8.26. The van der Waals surface area contributed by atoms with Crippen LogP contribution in [0, 0.1) is 0 Å². The molecule has 2 aliphatic rings. The lowest BCUT2D eigenvalue weighted by Gasteiger charge is -2.55. The Hall–Kier alpha value is -1.67. The van der Waals surface area contributed by atoms with Gasteiger partial charge in [0.25, 0.3) is 5.79 Å². The summed E-state index contributed by atoms with van der Waals surface area (Å²) in [5, 5.41) is 24.6. The molecule has 0 aliphatic carbocycles. The van der Waals surface area contributed by atoms with Gasteiger partial charge in [-0.05, 0) is 32.1 Å². The van der Waals surface area contributed by atoms with Gasteiger partial charge in [-0.25, -0.2) is 4.79 Å². The highest BCUT2D eigenvalue weighted by atomic mass is 16.8. The van der Waals surface area contributed by atoms with Crippen LogP contribution in [-0.4, -0.2) is 50.7 Å². The number of hydrogen-bond donors (Lipinski definition) is 2. The third-order valence-electron chi connectivity index (χ3n) is 11.3. The molecular formula is C42H76O8. The summed E-state index contributed by atoms with van der Waals surface area (Å²) in [7, 11) is 0. The number of rotatable bonds is 30. The SMILES string of the molecule is CCCCCCCCCC12OC(=O)CC(O)(CC(=O)OC1(CCCCCCCC)C(O)(CCCCCCCC)CCCCCCCC)C(=O)O2. The van der Waals surface area contributed by atoms with Gasteiger partial charge in [-0.2, -0.15) is 0 Å². The third-order valence-corrected chi connectivity index (χ3v) is 11.3. The molecule has 0 aromatic rings. The second-order valence-corrected chi connectivity index (χ2v) is 15.8. The first-order valence-corrected chi connectivity index (χ1v) is 21.2. The van der Waals surface area contributed by atoms with E-state index >= 15 is 0 Å². The maximum Gasteiger partial charge on any atom is 0.342 e. The number of ether oxygens (including phenoxy) is 3. The first kappa shape index (κ1) is 44.5. The highest BCUT2D eigenvalue weighted by molar-refractivity contribution is 5.92. The van der Waals surface area contributed by atoms with Gasteiger partial charge in [0.05, 0.1) is 12.8 Å². The summed E-state index contributed by atoms with van der Waals surface area (Å²) < 4.78 is 19.1. The number of aliphatic hydroxyl groups is 2. The number of carbonyl (C=O) groups is 3. The van der Waals surface area contributed by atoms with Gasteiger partial charge in [0.15, 0.2) is 5.60 Å². The number of esters is 3. The van der Waals surface area contributed by atoms with Crippen molar-refractivity contribution in [1.29, 1.82) is 0 Å². The molecule has 2 saturated heterocycles. The van der Waals surface area contributed by atoms with Gasteiger partial charge in [-0.1, -0.05) is 175 Å². The average molecular weight is 709 g/mol. The average Bonchev–Trinajstić information content (AvgIpc) is 3.14. The Labute approximate surface area is 305 Å². The zero-order valence-electron chi connectivity index (χ0n) is 32.8. The normalized spacial score (nSPS) is 24.0. The molecule has 3 unspecified atom stereocenters. The van der Waals surface area contributed by atoms with Crippen LogP contribution < -0.4 is 0 Å². The maximum atomic E-state index is 13.9. The maximum absolute atomic E-state index is 13.9. The molecule has 3 atom stereocenters. The quantitative estimate of drug-likeness (QED) is 0.0559. The zero-order chi connectivity index (χ0) is 36.8. The van der Waals surface area contributed by atoms with Crippen LogP contribution >= 0.6 is 0 Å². The van der Waals surface area contributed by atoms with E-state index in [4.69, 9.17) is 14.2 Å². The van der Waals surface area contributed by atoms with Crippen molar-refractivity contribution in [3.63, 3.8) is 0 Å². The van der Waals surface area contributed by atoms with Crippen molar-refractivity contribution in [2.24, 2.45) is 0 Å². The van der Waals surface area contributed by atoms with Crippen LogP contribution in [0.2, 0.25) is 0 Å². The Morgan fingerprint density at radius 3 is 1.30 bits per heavy atom. The molecule has 2 heterocycles. The Morgan fingerprint density at radius 1 is 0.500 bits per heavy atom. The van der Waals surface area contributed by atoms with Gasteiger partial charge in [-0.15, -0.1) is 0 Å². The smallest absolute Gasteiger partial charge is 0.342 e. The van der Waals surface area contributed by atoms with Gasteiger partial charge >= 0.3 is 17.9 Å². The van der Waals surface area contributed by atoms with Gasteiger partial charge in [0.1, 0.15) is 5.60 Å². The van der Waals surface area contributed by atoms with E-state index < -0.39 is 53.3 Å². The fraction of sp³-hybridized carbons (Fsp3) is 0.929. The predicted molar refractivity (Wildman–Crippen MR) is 199 cm³/mol. The topological polar surface area (TPSA) is 119 Å². The van der Waals surface area contributed by atoms with Gasteiger partial charge in [-0.3, -0.25) is 9.59 Å². The minimum Gasteiger partial charge on any atom is -0.447 e. The molecular weight excluding hydrogens is 632 g/mol. The Morgan fingerprint density at radius 2 is 0.860 bits per heavy atom. The van der Waals surface area contributed by atoms with E-state index in [2.05, 4.69) is 27.7 Å². The first-order chi connectivity index (χ1) is 24.1. The second kappa shape index (κ2) is 23.8. The molecule has 0 aromatic heterocycles. The van der Waals surface area contributed by atoms with Gasteiger partial charge < -0.3 is 24.4 Å². The molecule has 292 valence electrons. The van der Waals surface area contributed by atoms with E-state index in [9.17, 15) is 24.6 Å². The highest BCUT2D eigenvalue weighted by Crippen LogP contribution is 2.54. The molecule has 2 bridgehead atoms. The molecule has 50 heavy (non-hydrogen) atoms. The number of cyclic esters (lactones) is 1. The molecule has 2 fully saturated rings. The van der Waals surface area contributed by atoms with E-state index in [1.165, 1.54) is 6.42 Å².